The maximum absolute atomic E-state index is 4.55. The number of anilines is 1. The number of H-pyrrole nitrogens is 1. The van der Waals surface area contributed by atoms with E-state index in [1.54, 1.807) is 18.6 Å². The van der Waals surface area contributed by atoms with E-state index in [1.807, 2.05) is 36.1 Å². The van der Waals surface area contributed by atoms with E-state index < -0.39 is 0 Å². The van der Waals surface area contributed by atoms with Crippen molar-refractivity contribution in [2.24, 2.45) is 0 Å². The van der Waals surface area contributed by atoms with Gasteiger partial charge in [-0.1, -0.05) is 0 Å². The molecular formula is C18H19N9. The molecule has 1 aromatic carbocycles. The zero-order valence-corrected chi connectivity index (χ0v) is 14.9. The van der Waals surface area contributed by atoms with Crippen LogP contribution in [-0.4, -0.2) is 61.3 Å². The van der Waals surface area contributed by atoms with E-state index in [-0.39, 0.29) is 0 Å². The molecule has 9 heteroatoms. The smallest absolute Gasteiger partial charge is 0.245 e. The van der Waals surface area contributed by atoms with Gasteiger partial charge in [-0.25, -0.2) is 9.67 Å². The van der Waals surface area contributed by atoms with Crippen LogP contribution in [0.25, 0.3) is 27.8 Å². The molecule has 2 N–H and O–H groups in total. The Hall–Kier alpha value is -3.33. The van der Waals surface area contributed by atoms with Gasteiger partial charge in [-0.05, 0) is 31.7 Å². The predicted octanol–water partition coefficient (Wildman–Crippen LogP) is 1.40. The van der Waals surface area contributed by atoms with Crippen LogP contribution in [0.4, 0.5) is 5.95 Å². The summed E-state index contributed by atoms with van der Waals surface area (Å²) in [6, 6.07) is 6.37. The molecule has 0 bridgehead atoms. The summed E-state index contributed by atoms with van der Waals surface area (Å²) < 4.78 is 1.81. The van der Waals surface area contributed by atoms with Crippen molar-refractivity contribution in [2.45, 2.75) is 12.5 Å². The maximum Gasteiger partial charge on any atom is 0.245 e. The number of aromatic amines is 1. The number of hydrogen-bond acceptors (Lipinski definition) is 7. The van der Waals surface area contributed by atoms with E-state index in [0.29, 0.717) is 12.0 Å². The molecule has 9 nitrogen and oxygen atoms in total. The van der Waals surface area contributed by atoms with Gasteiger partial charge in [-0.3, -0.25) is 5.10 Å². The van der Waals surface area contributed by atoms with Crippen LogP contribution in [0, 0.1) is 0 Å². The standard InChI is InChI=1S/C18H19N9/c1-19-12-5-8-26(11-12)18-20-10-15(23-25-18)13-3-4-16(27-7-2-6-22-27)17-14(13)9-21-24-17/h2-4,6-7,9-10,12,19H,5,8,11H2,1H3,(H,21,24). The van der Waals surface area contributed by atoms with Gasteiger partial charge in [0.25, 0.3) is 0 Å². The van der Waals surface area contributed by atoms with Crippen LogP contribution in [0.3, 0.4) is 0 Å². The quantitative estimate of drug-likeness (QED) is 0.567. The van der Waals surface area contributed by atoms with E-state index in [0.717, 1.165) is 47.4 Å². The van der Waals surface area contributed by atoms with Crippen LogP contribution in [-0.2, 0) is 0 Å². The van der Waals surface area contributed by atoms with Gasteiger partial charge in [0.15, 0.2) is 0 Å². The summed E-state index contributed by atoms with van der Waals surface area (Å²) in [5, 5.41) is 24.6. The van der Waals surface area contributed by atoms with Gasteiger partial charge in [-0.2, -0.15) is 10.2 Å². The first-order valence-corrected chi connectivity index (χ1v) is 8.92. The minimum Gasteiger partial charge on any atom is -0.338 e. The van der Waals surface area contributed by atoms with Crippen LogP contribution >= 0.6 is 0 Å². The van der Waals surface area contributed by atoms with Crippen molar-refractivity contribution < 1.29 is 0 Å². The summed E-state index contributed by atoms with van der Waals surface area (Å²) in [5.41, 5.74) is 3.50. The highest BCUT2D eigenvalue weighted by atomic mass is 15.3. The summed E-state index contributed by atoms with van der Waals surface area (Å²) in [4.78, 5) is 6.70. The highest BCUT2D eigenvalue weighted by molar-refractivity contribution is 5.97. The fourth-order valence-corrected chi connectivity index (χ4v) is 3.56. The molecule has 0 spiro atoms. The molecule has 1 aliphatic heterocycles. The Balaban J connectivity index is 1.49. The molecule has 1 atom stereocenters. The van der Waals surface area contributed by atoms with E-state index in [9.17, 15) is 0 Å². The molecule has 0 aliphatic carbocycles. The van der Waals surface area contributed by atoms with E-state index in [2.05, 4.69) is 40.7 Å². The van der Waals surface area contributed by atoms with Crippen molar-refractivity contribution in [3.05, 3.63) is 43.0 Å². The third kappa shape index (κ3) is 2.72. The fraction of sp³-hybridized carbons (Fsp3) is 0.278. The van der Waals surface area contributed by atoms with Crippen molar-refractivity contribution >= 4 is 16.9 Å². The summed E-state index contributed by atoms with van der Waals surface area (Å²) in [6.45, 7) is 1.85. The average Bonchev–Trinajstić information content (AvgIpc) is 3.48. The Labute approximate surface area is 155 Å². The molecule has 0 amide bonds. The second-order valence-corrected chi connectivity index (χ2v) is 6.61. The van der Waals surface area contributed by atoms with Gasteiger partial charge >= 0.3 is 0 Å². The van der Waals surface area contributed by atoms with Crippen molar-refractivity contribution in [1.29, 1.82) is 0 Å². The lowest BCUT2D eigenvalue weighted by atomic mass is 10.1. The topological polar surface area (TPSA) is 100 Å². The molecule has 1 aliphatic rings. The third-order valence-corrected chi connectivity index (χ3v) is 5.05. The number of fused-ring (bicyclic) bond motifs is 1. The molecule has 27 heavy (non-hydrogen) atoms. The summed E-state index contributed by atoms with van der Waals surface area (Å²) in [7, 11) is 1.99. The van der Waals surface area contributed by atoms with Gasteiger partial charge in [0.1, 0.15) is 5.69 Å². The molecule has 136 valence electrons. The van der Waals surface area contributed by atoms with Crippen LogP contribution in [0.2, 0.25) is 0 Å². The number of rotatable bonds is 4. The molecule has 0 radical (unpaired) electrons. The Morgan fingerprint density at radius 1 is 1.22 bits per heavy atom. The van der Waals surface area contributed by atoms with Crippen molar-refractivity contribution in [3.63, 3.8) is 0 Å². The minimum atomic E-state index is 0.480. The van der Waals surface area contributed by atoms with Crippen molar-refractivity contribution in [3.8, 4) is 16.9 Å². The second-order valence-electron chi connectivity index (χ2n) is 6.61. The average molecular weight is 361 g/mol. The predicted molar refractivity (Wildman–Crippen MR) is 102 cm³/mol. The Morgan fingerprint density at radius 3 is 2.93 bits per heavy atom. The van der Waals surface area contributed by atoms with Gasteiger partial charge in [0.05, 0.1) is 23.6 Å². The zero-order chi connectivity index (χ0) is 18.2. The SMILES string of the molecule is CNC1CCN(c2ncc(-c3ccc(-n4cccn4)c4[nH]ncc34)nn2)C1. The van der Waals surface area contributed by atoms with E-state index in [4.69, 9.17) is 0 Å². The number of nitrogens with zero attached hydrogens (tertiary/aromatic N) is 7. The number of likely N-dealkylation sites (N-methyl/N-ethyl adjacent to an activating group) is 1. The summed E-state index contributed by atoms with van der Waals surface area (Å²) >= 11 is 0. The van der Waals surface area contributed by atoms with Crippen LogP contribution in [0.5, 0.6) is 0 Å². The molecule has 4 aromatic rings. The first-order chi connectivity index (χ1) is 13.3. The first kappa shape index (κ1) is 15.9. The van der Waals surface area contributed by atoms with Gasteiger partial charge in [0, 0.05) is 42.5 Å². The van der Waals surface area contributed by atoms with Gasteiger partial charge in [-0.15, -0.1) is 10.2 Å². The highest BCUT2D eigenvalue weighted by Gasteiger charge is 2.23. The lowest BCUT2D eigenvalue weighted by Crippen LogP contribution is -2.30. The fourth-order valence-electron chi connectivity index (χ4n) is 3.56. The van der Waals surface area contributed by atoms with E-state index in [1.165, 1.54) is 0 Å². The molecule has 4 heterocycles. The maximum atomic E-state index is 4.55. The second kappa shape index (κ2) is 6.44. The highest BCUT2D eigenvalue weighted by Crippen LogP contribution is 2.30. The summed E-state index contributed by atoms with van der Waals surface area (Å²) in [5.74, 6) is 0.674. The molecular weight excluding hydrogens is 342 g/mol. The van der Waals surface area contributed by atoms with Gasteiger partial charge in [0.2, 0.25) is 5.95 Å². The molecule has 5 rings (SSSR count). The number of aromatic nitrogens is 7. The van der Waals surface area contributed by atoms with Crippen LogP contribution < -0.4 is 10.2 Å². The van der Waals surface area contributed by atoms with Gasteiger partial charge < -0.3 is 10.2 Å². The molecule has 0 saturated carbocycles. The summed E-state index contributed by atoms with van der Waals surface area (Å²) in [6.07, 6.45) is 8.32. The Kier molecular flexibility index (Phi) is 3.79. The molecule has 1 saturated heterocycles. The molecule has 3 aromatic heterocycles. The molecule has 1 fully saturated rings. The normalized spacial score (nSPS) is 17.1. The van der Waals surface area contributed by atoms with Crippen molar-refractivity contribution in [2.75, 3.05) is 25.0 Å². The zero-order valence-electron chi connectivity index (χ0n) is 14.9. The number of hydrogen-bond donors (Lipinski definition) is 2. The van der Waals surface area contributed by atoms with Crippen molar-refractivity contribution in [1.82, 2.24) is 40.5 Å². The number of nitrogens with one attached hydrogen (secondary N) is 2. The molecule has 1 unspecified atom stereocenters. The first-order valence-electron chi connectivity index (χ1n) is 8.92. The lowest BCUT2D eigenvalue weighted by molar-refractivity contribution is 0.616. The lowest BCUT2D eigenvalue weighted by Gasteiger charge is -2.15. The monoisotopic (exact) mass is 361 g/mol. The third-order valence-electron chi connectivity index (χ3n) is 5.05. The van der Waals surface area contributed by atoms with Crippen LogP contribution in [0.15, 0.2) is 43.0 Å². The van der Waals surface area contributed by atoms with E-state index >= 15 is 0 Å². The Morgan fingerprint density at radius 2 is 2.19 bits per heavy atom. The Bertz CT molecular complexity index is 1050. The van der Waals surface area contributed by atoms with Crippen LogP contribution in [0.1, 0.15) is 6.42 Å². The number of benzene rings is 1. The minimum absolute atomic E-state index is 0.480. The largest absolute Gasteiger partial charge is 0.338 e.